The molecule has 0 aromatic rings. The Kier molecular flexibility index (Phi) is 7.93. The fourth-order valence-electron chi connectivity index (χ4n) is 7.54. The van der Waals surface area contributed by atoms with Crippen molar-refractivity contribution in [3.63, 3.8) is 0 Å². The first-order valence-electron chi connectivity index (χ1n) is 14.6. The van der Waals surface area contributed by atoms with E-state index in [1.807, 2.05) is 6.92 Å². The Morgan fingerprint density at radius 2 is 1.73 bits per heavy atom. The number of hydrogen-bond donors (Lipinski definition) is 3. The highest BCUT2D eigenvalue weighted by molar-refractivity contribution is 6.23. The third-order valence-electron chi connectivity index (χ3n) is 9.88. The Balaban J connectivity index is 1.39. The first-order chi connectivity index (χ1) is 17.8. The zero-order valence-corrected chi connectivity index (χ0v) is 22.3. The molecule has 5 rings (SSSR count). The SMILES string of the molecule is CC(CCC1CCNC(N)C1)=C(CO)C[C@@]12O[C@]1(C(=O)OC1CCCCC1)C(=O)C1CCCCC1C2=O. The fourth-order valence-corrected chi connectivity index (χ4v) is 7.54. The normalized spacial score (nSPS) is 38.9. The van der Waals surface area contributed by atoms with E-state index in [4.69, 9.17) is 15.2 Å². The predicted molar refractivity (Wildman–Crippen MR) is 137 cm³/mol. The zero-order chi connectivity index (χ0) is 26.2. The fraction of sp³-hybridized carbons (Fsp3) is 0.828. The quantitative estimate of drug-likeness (QED) is 0.194. The lowest BCUT2D eigenvalue weighted by Crippen LogP contribution is -2.58. The van der Waals surface area contributed by atoms with Crippen LogP contribution < -0.4 is 11.1 Å². The van der Waals surface area contributed by atoms with Crippen LogP contribution in [0.25, 0.3) is 0 Å². The van der Waals surface area contributed by atoms with Crippen LogP contribution in [0.4, 0.5) is 0 Å². The monoisotopic (exact) mass is 516 g/mol. The molecule has 206 valence electrons. The first-order valence-corrected chi connectivity index (χ1v) is 14.6. The van der Waals surface area contributed by atoms with E-state index in [1.165, 1.54) is 0 Å². The number of epoxide rings is 1. The van der Waals surface area contributed by atoms with E-state index in [0.29, 0.717) is 24.3 Å². The van der Waals surface area contributed by atoms with Crippen molar-refractivity contribution in [1.82, 2.24) is 5.32 Å². The number of nitrogens with one attached hydrogen (secondary N) is 1. The van der Waals surface area contributed by atoms with Crippen LogP contribution in [0.1, 0.15) is 96.8 Å². The van der Waals surface area contributed by atoms with Gasteiger partial charge in [-0.3, -0.25) is 9.59 Å². The molecule has 5 aliphatic rings. The summed E-state index contributed by atoms with van der Waals surface area (Å²) in [6, 6.07) is 0. The molecule has 2 aliphatic heterocycles. The Morgan fingerprint density at radius 1 is 1.05 bits per heavy atom. The van der Waals surface area contributed by atoms with E-state index in [2.05, 4.69) is 5.32 Å². The van der Waals surface area contributed by atoms with E-state index in [1.54, 1.807) is 0 Å². The molecule has 3 saturated carbocycles. The summed E-state index contributed by atoms with van der Waals surface area (Å²) >= 11 is 0. The maximum atomic E-state index is 14.0. The number of ketones is 2. The molecule has 0 spiro atoms. The number of piperidine rings is 1. The van der Waals surface area contributed by atoms with E-state index in [-0.39, 0.29) is 36.9 Å². The number of carbonyl (C=O) groups is 3. The van der Waals surface area contributed by atoms with Crippen LogP contribution in [0.5, 0.6) is 0 Å². The maximum Gasteiger partial charge on any atom is 0.350 e. The Bertz CT molecular complexity index is 943. The van der Waals surface area contributed by atoms with Crippen LogP contribution in [-0.4, -0.2) is 59.3 Å². The van der Waals surface area contributed by atoms with Gasteiger partial charge in [0.25, 0.3) is 5.60 Å². The number of carbonyl (C=O) groups excluding carboxylic acids is 3. The van der Waals surface area contributed by atoms with Crippen LogP contribution in [0.15, 0.2) is 11.1 Å². The topological polar surface area (TPSA) is 131 Å². The van der Waals surface area contributed by atoms with Gasteiger partial charge in [0.1, 0.15) is 6.10 Å². The number of aliphatic hydroxyl groups excluding tert-OH is 1. The van der Waals surface area contributed by atoms with Crippen LogP contribution >= 0.6 is 0 Å². The number of esters is 1. The molecular formula is C29H44N2O6. The second-order valence-corrected chi connectivity index (χ2v) is 12.2. The second kappa shape index (κ2) is 10.9. The number of fused-ring (bicyclic) bond motifs is 2. The highest BCUT2D eigenvalue weighted by Crippen LogP contribution is 2.62. The Hall–Kier alpha value is -1.61. The maximum absolute atomic E-state index is 14.0. The van der Waals surface area contributed by atoms with Gasteiger partial charge in [0.15, 0.2) is 17.2 Å². The Labute approximate surface area is 220 Å². The molecule has 8 nitrogen and oxygen atoms in total. The van der Waals surface area contributed by atoms with Crippen LogP contribution in [0.2, 0.25) is 0 Å². The van der Waals surface area contributed by atoms with Crippen LogP contribution in [0, 0.1) is 17.8 Å². The van der Waals surface area contributed by atoms with Gasteiger partial charge in [0.2, 0.25) is 0 Å². The minimum Gasteiger partial charge on any atom is -0.460 e. The van der Waals surface area contributed by atoms with Gasteiger partial charge in [-0.15, -0.1) is 0 Å². The van der Waals surface area contributed by atoms with Gasteiger partial charge in [-0.2, -0.15) is 0 Å². The summed E-state index contributed by atoms with van der Waals surface area (Å²) < 4.78 is 12.0. The van der Waals surface area contributed by atoms with Crippen LogP contribution in [-0.2, 0) is 23.9 Å². The summed E-state index contributed by atoms with van der Waals surface area (Å²) in [4.78, 5) is 41.5. The number of rotatable bonds is 8. The summed E-state index contributed by atoms with van der Waals surface area (Å²) in [6.45, 7) is 2.65. The number of ether oxygens (including phenoxy) is 2. The standard InChI is InChI=1S/C29H44N2O6/c1-18(11-12-19-13-14-31-24(30)15-19)20(17-32)16-28-25(33)22-9-5-6-10-23(22)26(34)29(28,37-28)27(35)36-21-7-3-2-4-8-21/h19,21-24,31-32H,2-17,30H2,1H3/t19?,22?,23?,24?,28-,29-/m0/s1. The number of aliphatic hydroxyl groups is 1. The number of hydrogen-bond acceptors (Lipinski definition) is 8. The minimum absolute atomic E-state index is 0.0178. The Morgan fingerprint density at radius 3 is 2.41 bits per heavy atom. The summed E-state index contributed by atoms with van der Waals surface area (Å²) in [6.07, 6.45) is 11.3. The van der Waals surface area contributed by atoms with Gasteiger partial charge in [-0.05, 0) is 89.2 Å². The van der Waals surface area contributed by atoms with Gasteiger partial charge in [-0.1, -0.05) is 24.8 Å². The molecule has 0 amide bonds. The molecule has 0 radical (unpaired) electrons. The van der Waals surface area contributed by atoms with Crippen molar-refractivity contribution in [2.24, 2.45) is 23.5 Å². The summed E-state index contributed by atoms with van der Waals surface area (Å²) in [5.41, 5.74) is 4.38. The lowest BCUT2D eigenvalue weighted by atomic mass is 9.60. The summed E-state index contributed by atoms with van der Waals surface area (Å²) in [5, 5.41) is 13.6. The molecular weight excluding hydrogens is 472 g/mol. The average Bonchev–Trinajstić information content (AvgIpc) is 3.61. The molecule has 8 heteroatoms. The number of nitrogens with two attached hydrogens (primary N) is 1. The molecule has 37 heavy (non-hydrogen) atoms. The molecule has 4 unspecified atom stereocenters. The van der Waals surface area contributed by atoms with E-state index in [9.17, 15) is 19.5 Å². The average molecular weight is 517 g/mol. The predicted octanol–water partition coefficient (Wildman–Crippen LogP) is 3.09. The van der Waals surface area contributed by atoms with Gasteiger partial charge < -0.3 is 25.6 Å². The lowest BCUT2D eigenvalue weighted by Gasteiger charge is -2.37. The third kappa shape index (κ3) is 4.83. The van der Waals surface area contributed by atoms with Crippen LogP contribution in [0.3, 0.4) is 0 Å². The van der Waals surface area contributed by atoms with Crippen molar-refractivity contribution in [2.45, 2.75) is 120 Å². The minimum atomic E-state index is -1.84. The zero-order valence-electron chi connectivity index (χ0n) is 22.3. The van der Waals surface area contributed by atoms with Gasteiger partial charge >= 0.3 is 5.97 Å². The van der Waals surface area contributed by atoms with Crippen molar-refractivity contribution >= 4 is 17.5 Å². The molecule has 0 aromatic carbocycles. The van der Waals surface area contributed by atoms with E-state index < -0.39 is 29.0 Å². The lowest BCUT2D eigenvalue weighted by molar-refractivity contribution is -0.163. The summed E-state index contributed by atoms with van der Waals surface area (Å²) in [5.74, 6) is -1.46. The highest BCUT2D eigenvalue weighted by atomic mass is 16.7. The van der Waals surface area contributed by atoms with Crippen molar-refractivity contribution < 1.29 is 29.0 Å². The summed E-state index contributed by atoms with van der Waals surface area (Å²) in [7, 11) is 0. The number of allylic oxidation sites excluding steroid dienone is 1. The third-order valence-corrected chi connectivity index (χ3v) is 9.88. The van der Waals surface area contributed by atoms with E-state index >= 15 is 0 Å². The molecule has 2 saturated heterocycles. The molecule has 0 aromatic heterocycles. The van der Waals surface area contributed by atoms with Gasteiger partial charge in [-0.25, -0.2) is 4.79 Å². The number of Topliss-reactive ketones (excluding diaryl/α,β-unsaturated/α-hetero) is 2. The largest absolute Gasteiger partial charge is 0.460 e. The van der Waals surface area contributed by atoms with Crippen molar-refractivity contribution in [3.8, 4) is 0 Å². The van der Waals surface area contributed by atoms with Crippen molar-refractivity contribution in [2.75, 3.05) is 13.2 Å². The van der Waals surface area contributed by atoms with Gasteiger partial charge in [0, 0.05) is 18.3 Å². The molecule has 4 N–H and O–H groups in total. The van der Waals surface area contributed by atoms with Gasteiger partial charge in [0.05, 0.1) is 12.8 Å². The van der Waals surface area contributed by atoms with Crippen molar-refractivity contribution in [1.29, 1.82) is 0 Å². The molecule has 0 bridgehead atoms. The molecule has 6 atom stereocenters. The highest BCUT2D eigenvalue weighted by Gasteiger charge is 2.87. The first kappa shape index (κ1) is 27.0. The second-order valence-electron chi connectivity index (χ2n) is 12.2. The molecule has 3 aliphatic carbocycles. The van der Waals surface area contributed by atoms with E-state index in [0.717, 1.165) is 82.7 Å². The smallest absolute Gasteiger partial charge is 0.350 e. The molecule has 5 fully saturated rings. The molecule has 2 heterocycles. The van der Waals surface area contributed by atoms with Crippen molar-refractivity contribution in [3.05, 3.63) is 11.1 Å².